The van der Waals surface area contributed by atoms with Crippen LogP contribution in [-0.2, 0) is 12.2 Å². The predicted molar refractivity (Wildman–Crippen MR) is 104 cm³/mol. The molecule has 0 aromatic carbocycles. The van der Waals surface area contributed by atoms with Crippen molar-refractivity contribution in [3.05, 3.63) is 35.7 Å². The van der Waals surface area contributed by atoms with Gasteiger partial charge >= 0.3 is 0 Å². The van der Waals surface area contributed by atoms with Gasteiger partial charge in [-0.3, -0.25) is 4.98 Å². The van der Waals surface area contributed by atoms with Crippen molar-refractivity contribution in [2.75, 3.05) is 12.0 Å². The molecular weight excluding hydrogens is 324 g/mol. The molecule has 6 heteroatoms. The summed E-state index contributed by atoms with van der Waals surface area (Å²) in [6, 6.07) is 5.94. The van der Waals surface area contributed by atoms with Crippen molar-refractivity contribution in [2.24, 2.45) is 0 Å². The third-order valence-electron chi connectivity index (χ3n) is 2.55. The quantitative estimate of drug-likeness (QED) is 0.460. The summed E-state index contributed by atoms with van der Waals surface area (Å²) in [5.41, 5.74) is 8.09. The zero-order chi connectivity index (χ0) is 17.7. The standard InChI is InChI=1S/C13H16N4S2.2C2H6/c1-3-9-4-5-15-10(6-9)8-19-13-16-11(14)7-12(17-13)18-2;2*1-2/h4-7H,3,8H2,1-2H3,(H2,14,16,17);2*1-2H3. The summed E-state index contributed by atoms with van der Waals surface area (Å²) >= 11 is 3.12. The van der Waals surface area contributed by atoms with Crippen molar-refractivity contribution in [2.45, 2.75) is 57.0 Å². The highest BCUT2D eigenvalue weighted by atomic mass is 32.2. The number of aryl methyl sites for hydroxylation is 1. The lowest BCUT2D eigenvalue weighted by Crippen LogP contribution is -1.97. The first kappa shape index (κ1) is 21.7. The fourth-order valence-electron chi connectivity index (χ4n) is 1.56. The van der Waals surface area contributed by atoms with E-state index < -0.39 is 0 Å². The topological polar surface area (TPSA) is 64.7 Å². The van der Waals surface area contributed by atoms with Crippen LogP contribution in [0.3, 0.4) is 0 Å². The van der Waals surface area contributed by atoms with Gasteiger partial charge in [0.15, 0.2) is 5.16 Å². The van der Waals surface area contributed by atoms with Crippen LogP contribution in [0.5, 0.6) is 0 Å². The number of hydrogen-bond acceptors (Lipinski definition) is 6. The molecule has 0 atom stereocenters. The van der Waals surface area contributed by atoms with Crippen LogP contribution < -0.4 is 5.73 Å². The van der Waals surface area contributed by atoms with E-state index in [4.69, 9.17) is 5.73 Å². The van der Waals surface area contributed by atoms with E-state index in [2.05, 4.69) is 27.9 Å². The van der Waals surface area contributed by atoms with Gasteiger partial charge in [0.1, 0.15) is 10.8 Å². The van der Waals surface area contributed by atoms with E-state index in [1.165, 1.54) is 5.56 Å². The van der Waals surface area contributed by atoms with Crippen molar-refractivity contribution >= 4 is 29.3 Å². The molecule has 2 rings (SSSR count). The normalized spacial score (nSPS) is 9.30. The highest BCUT2D eigenvalue weighted by molar-refractivity contribution is 7.99. The van der Waals surface area contributed by atoms with E-state index in [1.807, 2.05) is 46.2 Å². The summed E-state index contributed by atoms with van der Waals surface area (Å²) in [4.78, 5) is 13.0. The van der Waals surface area contributed by atoms with Crippen molar-refractivity contribution in [3.8, 4) is 0 Å². The summed E-state index contributed by atoms with van der Waals surface area (Å²) in [6.45, 7) is 10.1. The maximum Gasteiger partial charge on any atom is 0.190 e. The molecule has 2 aromatic heterocycles. The second kappa shape index (κ2) is 13.2. The van der Waals surface area contributed by atoms with E-state index in [1.54, 1.807) is 29.6 Å². The Morgan fingerprint density at radius 2 is 1.78 bits per heavy atom. The largest absolute Gasteiger partial charge is 0.384 e. The summed E-state index contributed by atoms with van der Waals surface area (Å²) in [5.74, 6) is 1.27. The lowest BCUT2D eigenvalue weighted by atomic mass is 10.2. The number of anilines is 1. The molecule has 0 spiro atoms. The highest BCUT2D eigenvalue weighted by Gasteiger charge is 2.04. The van der Waals surface area contributed by atoms with E-state index in [9.17, 15) is 0 Å². The maximum absolute atomic E-state index is 5.76. The Kier molecular flexibility index (Phi) is 12.5. The van der Waals surface area contributed by atoms with Gasteiger partial charge in [-0.15, -0.1) is 11.8 Å². The Hall–Kier alpha value is -1.27. The fraction of sp³-hybridized carbons (Fsp3) is 0.471. The molecular formula is C17H28N4S2. The van der Waals surface area contributed by atoms with Crippen LogP contribution in [-0.4, -0.2) is 21.2 Å². The van der Waals surface area contributed by atoms with Crippen LogP contribution >= 0.6 is 23.5 Å². The number of aromatic nitrogens is 3. The minimum atomic E-state index is 0.511. The first-order valence-electron chi connectivity index (χ1n) is 7.96. The van der Waals surface area contributed by atoms with Crippen molar-refractivity contribution in [1.82, 2.24) is 15.0 Å². The van der Waals surface area contributed by atoms with E-state index >= 15 is 0 Å². The van der Waals surface area contributed by atoms with Crippen LogP contribution in [0.4, 0.5) is 5.82 Å². The average Bonchev–Trinajstić information content (AvgIpc) is 2.63. The minimum Gasteiger partial charge on any atom is -0.384 e. The molecule has 0 amide bonds. The van der Waals surface area contributed by atoms with Gasteiger partial charge in [0.05, 0.1) is 5.69 Å². The number of thioether (sulfide) groups is 2. The molecule has 2 aromatic rings. The third-order valence-corrected chi connectivity index (χ3v) is 4.06. The first-order valence-corrected chi connectivity index (χ1v) is 10.2. The van der Waals surface area contributed by atoms with Crippen molar-refractivity contribution in [1.29, 1.82) is 0 Å². The van der Waals surface area contributed by atoms with Gasteiger partial charge < -0.3 is 5.73 Å². The number of nitrogens with two attached hydrogens (primary N) is 1. The first-order chi connectivity index (χ1) is 11.2. The molecule has 128 valence electrons. The van der Waals surface area contributed by atoms with Crippen LogP contribution in [0.1, 0.15) is 45.9 Å². The molecule has 23 heavy (non-hydrogen) atoms. The summed E-state index contributed by atoms with van der Waals surface area (Å²) < 4.78 is 0. The predicted octanol–water partition coefficient (Wildman–Crippen LogP) is 5.08. The van der Waals surface area contributed by atoms with Crippen LogP contribution in [0.25, 0.3) is 0 Å². The molecule has 0 fully saturated rings. The number of pyridine rings is 1. The zero-order valence-corrected chi connectivity index (χ0v) is 16.6. The molecule has 0 saturated heterocycles. The van der Waals surface area contributed by atoms with E-state index in [-0.39, 0.29) is 0 Å². The summed E-state index contributed by atoms with van der Waals surface area (Å²) in [7, 11) is 0. The Balaban J connectivity index is 0.00000112. The van der Waals surface area contributed by atoms with Gasteiger partial charge in [0, 0.05) is 18.0 Å². The van der Waals surface area contributed by atoms with Gasteiger partial charge in [-0.05, 0) is 30.4 Å². The van der Waals surface area contributed by atoms with E-state index in [0.717, 1.165) is 22.9 Å². The smallest absolute Gasteiger partial charge is 0.190 e. The van der Waals surface area contributed by atoms with E-state index in [0.29, 0.717) is 11.0 Å². The van der Waals surface area contributed by atoms with Crippen LogP contribution in [0.2, 0.25) is 0 Å². The van der Waals surface area contributed by atoms with Crippen molar-refractivity contribution < 1.29 is 0 Å². The zero-order valence-electron chi connectivity index (χ0n) is 15.0. The molecule has 0 saturated carbocycles. The van der Waals surface area contributed by atoms with Crippen LogP contribution in [0, 0.1) is 0 Å². The molecule has 4 nitrogen and oxygen atoms in total. The molecule has 0 aliphatic heterocycles. The number of hydrogen-bond donors (Lipinski definition) is 1. The molecule has 0 bridgehead atoms. The van der Waals surface area contributed by atoms with Gasteiger partial charge in [0.25, 0.3) is 0 Å². The number of nitrogen functional groups attached to an aromatic ring is 1. The Bertz CT molecular complexity index is 562. The summed E-state index contributed by atoms with van der Waals surface area (Å²) in [5, 5.41) is 1.60. The number of nitrogens with zero attached hydrogens (tertiary/aromatic N) is 3. The lowest BCUT2D eigenvalue weighted by molar-refractivity contribution is 0.899. The Labute approximate surface area is 149 Å². The Morgan fingerprint density at radius 3 is 2.39 bits per heavy atom. The maximum atomic E-state index is 5.76. The van der Waals surface area contributed by atoms with Crippen LogP contribution in [0.15, 0.2) is 34.6 Å². The molecule has 0 unspecified atom stereocenters. The lowest BCUT2D eigenvalue weighted by Gasteiger charge is -2.04. The fourth-order valence-corrected chi connectivity index (χ4v) is 2.80. The molecule has 0 aliphatic rings. The summed E-state index contributed by atoms with van der Waals surface area (Å²) in [6.07, 6.45) is 4.84. The molecule has 2 N–H and O–H groups in total. The molecule has 0 aliphatic carbocycles. The third kappa shape index (κ3) is 8.23. The average molecular weight is 353 g/mol. The second-order valence-corrected chi connectivity index (χ2v) is 5.68. The molecule has 0 radical (unpaired) electrons. The Morgan fingerprint density at radius 1 is 1.09 bits per heavy atom. The van der Waals surface area contributed by atoms with Gasteiger partial charge in [-0.2, -0.15) is 0 Å². The molecule has 2 heterocycles. The SMILES string of the molecule is CC.CC.CCc1ccnc(CSc2nc(N)cc(SC)n2)c1. The second-order valence-electron chi connectivity index (χ2n) is 3.92. The van der Waals surface area contributed by atoms with Gasteiger partial charge in [-0.25, -0.2) is 9.97 Å². The van der Waals surface area contributed by atoms with Gasteiger partial charge in [0.2, 0.25) is 0 Å². The number of rotatable bonds is 5. The monoisotopic (exact) mass is 352 g/mol. The highest BCUT2D eigenvalue weighted by Crippen LogP contribution is 2.23. The van der Waals surface area contributed by atoms with Gasteiger partial charge in [-0.1, -0.05) is 46.4 Å². The van der Waals surface area contributed by atoms with Crippen molar-refractivity contribution in [3.63, 3.8) is 0 Å². The minimum absolute atomic E-state index is 0.511.